The largest absolute Gasteiger partial charge is 0.490 e. The van der Waals surface area contributed by atoms with Gasteiger partial charge in [-0.3, -0.25) is 0 Å². The van der Waals surface area contributed by atoms with Crippen molar-refractivity contribution in [2.45, 2.75) is 19.6 Å². The Morgan fingerprint density at radius 1 is 0.844 bits per heavy atom. The van der Waals surface area contributed by atoms with Gasteiger partial charge in [0.05, 0.1) is 0 Å². The first-order chi connectivity index (χ1) is 15.6. The van der Waals surface area contributed by atoms with Crippen molar-refractivity contribution in [3.8, 4) is 0 Å². The first kappa shape index (κ1) is 22.7. The highest BCUT2D eigenvalue weighted by Gasteiger charge is 2.15. The van der Waals surface area contributed by atoms with Gasteiger partial charge in [0.1, 0.15) is 24.7 Å². The van der Waals surface area contributed by atoms with Gasteiger partial charge in [-0.25, -0.2) is 0 Å². The second kappa shape index (κ2) is 11.4. The van der Waals surface area contributed by atoms with Gasteiger partial charge in [0, 0.05) is 17.1 Å². The lowest BCUT2D eigenvalue weighted by atomic mass is 10.1. The zero-order valence-corrected chi connectivity index (χ0v) is 18.4. The number of benzene rings is 2. The zero-order chi connectivity index (χ0) is 22.8. The Morgan fingerprint density at radius 3 is 1.94 bits per heavy atom. The van der Waals surface area contributed by atoms with Crippen LogP contribution in [0.15, 0.2) is 135 Å². The Hall–Kier alpha value is -3.98. The first-order valence-electron chi connectivity index (χ1n) is 10.5. The quantitative estimate of drug-likeness (QED) is 0.273. The molecule has 32 heavy (non-hydrogen) atoms. The van der Waals surface area contributed by atoms with E-state index in [-0.39, 0.29) is 0 Å². The van der Waals surface area contributed by atoms with Gasteiger partial charge >= 0.3 is 0 Å². The fourth-order valence-corrected chi connectivity index (χ4v) is 3.22. The third-order valence-electron chi connectivity index (χ3n) is 4.88. The summed E-state index contributed by atoms with van der Waals surface area (Å²) in [6.07, 6.45) is 14.7. The fraction of sp³-hybridized carbons (Fsp3) is 0.103. The predicted molar refractivity (Wildman–Crippen MR) is 134 cm³/mol. The second-order valence-electron chi connectivity index (χ2n) is 7.25. The lowest BCUT2D eigenvalue weighted by Gasteiger charge is -2.27. The monoisotopic (exact) mass is 423 g/mol. The maximum atomic E-state index is 5.66. The number of nitrogens with zero attached hydrogens (tertiary/aromatic N) is 1. The average Bonchev–Trinajstić information content (AvgIpc) is 3.11. The molecule has 0 bridgehead atoms. The van der Waals surface area contributed by atoms with Crippen LogP contribution in [0.25, 0.3) is 0 Å². The summed E-state index contributed by atoms with van der Waals surface area (Å²) in [5, 5.41) is 0. The molecule has 0 radical (unpaired) electrons. The maximum Gasteiger partial charge on any atom is 0.113 e. The molecule has 0 heterocycles. The number of allylic oxidation sites excluding steroid dienone is 7. The summed E-state index contributed by atoms with van der Waals surface area (Å²) >= 11 is 0. The summed E-state index contributed by atoms with van der Waals surface area (Å²) in [6.45, 7) is 15.9. The van der Waals surface area contributed by atoms with E-state index >= 15 is 0 Å². The van der Waals surface area contributed by atoms with Crippen molar-refractivity contribution in [2.75, 3.05) is 4.90 Å². The molecule has 0 fully saturated rings. The van der Waals surface area contributed by atoms with Crippen LogP contribution in [0, 0.1) is 0 Å². The van der Waals surface area contributed by atoms with Crippen LogP contribution in [0.1, 0.15) is 17.5 Å². The van der Waals surface area contributed by atoms with E-state index in [2.05, 4.69) is 85.9 Å². The number of hydrogen-bond donors (Lipinski definition) is 0. The third kappa shape index (κ3) is 6.26. The molecule has 0 saturated carbocycles. The Balaban J connectivity index is 1.96. The zero-order valence-electron chi connectivity index (χ0n) is 18.4. The van der Waals surface area contributed by atoms with E-state index in [0.29, 0.717) is 24.7 Å². The highest BCUT2D eigenvalue weighted by Crippen LogP contribution is 2.33. The van der Waals surface area contributed by atoms with E-state index in [4.69, 9.17) is 9.47 Å². The molecular weight excluding hydrogens is 394 g/mol. The molecule has 2 aromatic rings. The van der Waals surface area contributed by atoms with Gasteiger partial charge in [-0.2, -0.15) is 0 Å². The van der Waals surface area contributed by atoms with Crippen LogP contribution in [0.5, 0.6) is 0 Å². The van der Waals surface area contributed by atoms with Gasteiger partial charge in [0.15, 0.2) is 0 Å². The lowest BCUT2D eigenvalue weighted by molar-refractivity contribution is 0.213. The summed E-state index contributed by atoms with van der Waals surface area (Å²) in [4.78, 5) is 2.24. The molecule has 0 unspecified atom stereocenters. The summed E-state index contributed by atoms with van der Waals surface area (Å²) < 4.78 is 11.3. The molecule has 2 aromatic carbocycles. The fourth-order valence-electron chi connectivity index (χ4n) is 3.22. The van der Waals surface area contributed by atoms with Gasteiger partial charge in [0.25, 0.3) is 0 Å². The van der Waals surface area contributed by atoms with Crippen molar-refractivity contribution >= 4 is 11.4 Å². The highest BCUT2D eigenvalue weighted by atomic mass is 16.5. The molecule has 1 aliphatic rings. The number of anilines is 2. The van der Waals surface area contributed by atoms with Crippen LogP contribution in [0.3, 0.4) is 0 Å². The summed E-state index contributed by atoms with van der Waals surface area (Å²) in [5.41, 5.74) is 5.28. The molecule has 0 atom stereocenters. The van der Waals surface area contributed by atoms with Gasteiger partial charge < -0.3 is 14.4 Å². The standard InChI is InChI=1S/C29H29NO2/c1-5-23(3)31-21-25-13-11-17-28(19-25)30(27-15-9-7-8-10-16-27)29-18-12-14-26(20-29)22-32-24(4)6-2/h5-9,11-20H,1-4,10,21-22H2. The number of rotatable bonds is 11. The number of hydrogen-bond acceptors (Lipinski definition) is 3. The van der Waals surface area contributed by atoms with Crippen molar-refractivity contribution in [2.24, 2.45) is 0 Å². The Bertz CT molecular complexity index is 1020. The van der Waals surface area contributed by atoms with Crippen molar-refractivity contribution in [1.82, 2.24) is 0 Å². The van der Waals surface area contributed by atoms with E-state index in [0.717, 1.165) is 34.6 Å². The highest BCUT2D eigenvalue weighted by molar-refractivity contribution is 5.71. The van der Waals surface area contributed by atoms with Crippen LogP contribution < -0.4 is 4.90 Å². The van der Waals surface area contributed by atoms with Crippen LogP contribution in [0.2, 0.25) is 0 Å². The second-order valence-corrected chi connectivity index (χ2v) is 7.25. The van der Waals surface area contributed by atoms with Crippen LogP contribution in [-0.2, 0) is 22.7 Å². The first-order valence-corrected chi connectivity index (χ1v) is 10.5. The van der Waals surface area contributed by atoms with Crippen molar-refractivity contribution in [3.05, 3.63) is 146 Å². The normalized spacial score (nSPS) is 12.3. The van der Waals surface area contributed by atoms with Crippen LogP contribution in [-0.4, -0.2) is 0 Å². The molecular formula is C29H29NO2. The number of ether oxygens (including phenoxy) is 2. The summed E-state index contributed by atoms with van der Waals surface area (Å²) in [5.74, 6) is 1.11. The molecule has 3 nitrogen and oxygen atoms in total. The van der Waals surface area contributed by atoms with Crippen LogP contribution in [0.4, 0.5) is 11.4 Å². The molecule has 0 saturated heterocycles. The van der Waals surface area contributed by atoms with Crippen LogP contribution >= 0.6 is 0 Å². The van der Waals surface area contributed by atoms with Crippen molar-refractivity contribution < 1.29 is 9.47 Å². The van der Waals surface area contributed by atoms with Gasteiger partial charge in [-0.15, -0.1) is 0 Å². The minimum atomic E-state index is 0.431. The Morgan fingerprint density at radius 2 is 1.41 bits per heavy atom. The van der Waals surface area contributed by atoms with E-state index in [1.54, 1.807) is 12.2 Å². The molecule has 0 N–H and O–H groups in total. The molecule has 0 amide bonds. The van der Waals surface area contributed by atoms with Gasteiger partial charge in [-0.1, -0.05) is 74.9 Å². The van der Waals surface area contributed by atoms with Gasteiger partial charge in [-0.05, 0) is 60.0 Å². The van der Waals surface area contributed by atoms with E-state index in [1.165, 1.54) is 0 Å². The van der Waals surface area contributed by atoms with Crippen molar-refractivity contribution in [1.29, 1.82) is 0 Å². The predicted octanol–water partition coefficient (Wildman–Crippen LogP) is 7.66. The van der Waals surface area contributed by atoms with E-state index < -0.39 is 0 Å². The Kier molecular flexibility index (Phi) is 8.10. The van der Waals surface area contributed by atoms with E-state index in [1.807, 2.05) is 24.3 Å². The average molecular weight is 424 g/mol. The van der Waals surface area contributed by atoms with Gasteiger partial charge in [0.2, 0.25) is 0 Å². The SMILES string of the molecule is C=CC(=C)OCc1cccc(N(C2=CCC=CC=C2)c2cccc(COC(=C)C=C)c2)c1. The molecule has 0 aromatic heterocycles. The summed E-state index contributed by atoms with van der Waals surface area (Å²) in [6, 6.07) is 16.6. The molecule has 1 aliphatic carbocycles. The minimum Gasteiger partial charge on any atom is -0.490 e. The molecule has 162 valence electrons. The lowest BCUT2D eigenvalue weighted by Crippen LogP contribution is -2.16. The Labute approximate surface area is 191 Å². The van der Waals surface area contributed by atoms with Crippen molar-refractivity contribution in [3.63, 3.8) is 0 Å². The minimum absolute atomic E-state index is 0.431. The summed E-state index contributed by atoms with van der Waals surface area (Å²) in [7, 11) is 0. The third-order valence-corrected chi connectivity index (χ3v) is 4.88. The molecule has 3 rings (SSSR count). The van der Waals surface area contributed by atoms with E-state index in [9.17, 15) is 0 Å². The molecule has 0 aliphatic heterocycles. The maximum absolute atomic E-state index is 5.66. The molecule has 0 spiro atoms. The molecule has 3 heteroatoms. The smallest absolute Gasteiger partial charge is 0.113 e. The topological polar surface area (TPSA) is 21.7 Å².